The predicted molar refractivity (Wildman–Crippen MR) is 66.9 cm³/mol. The molecule has 0 aliphatic carbocycles. The van der Waals surface area contributed by atoms with Gasteiger partial charge in [-0.25, -0.2) is 0 Å². The van der Waals surface area contributed by atoms with Crippen molar-refractivity contribution in [3.05, 3.63) is 27.7 Å². The maximum Gasteiger partial charge on any atom is 0.417 e. The number of nitriles is 1. The quantitative estimate of drug-likeness (QED) is 0.791. The van der Waals surface area contributed by atoms with Gasteiger partial charge in [0.1, 0.15) is 0 Å². The minimum absolute atomic E-state index is 0.378. The minimum Gasteiger partial charge on any atom is -0.378 e. The van der Waals surface area contributed by atoms with Gasteiger partial charge in [-0.3, -0.25) is 0 Å². The second-order valence-electron chi connectivity index (χ2n) is 4.06. The maximum atomic E-state index is 12.9. The van der Waals surface area contributed by atoms with Gasteiger partial charge in [0.05, 0.1) is 36.1 Å². The topological polar surface area (TPSA) is 36.3 Å². The third kappa shape index (κ3) is 3.01. The number of anilines is 1. The number of rotatable bonds is 1. The molecule has 1 heterocycles. The fraction of sp³-hybridized carbons (Fsp3) is 0.417. The number of hydrogen-bond donors (Lipinski definition) is 0. The molecule has 0 N–H and O–H groups in total. The average molecular weight is 335 g/mol. The Balaban J connectivity index is 2.47. The van der Waals surface area contributed by atoms with Gasteiger partial charge in [0, 0.05) is 17.6 Å². The van der Waals surface area contributed by atoms with Crippen LogP contribution in [0, 0.1) is 11.3 Å². The van der Waals surface area contributed by atoms with Crippen LogP contribution in [0.3, 0.4) is 0 Å². The Bertz CT molecular complexity index is 519. The number of ether oxygens (including phenoxy) is 1. The molecule has 0 saturated carbocycles. The van der Waals surface area contributed by atoms with Crippen LogP contribution >= 0.6 is 15.9 Å². The summed E-state index contributed by atoms with van der Waals surface area (Å²) >= 11 is 3.22. The summed E-state index contributed by atoms with van der Waals surface area (Å²) in [6.45, 7) is 2.02. The van der Waals surface area contributed by atoms with E-state index in [0.29, 0.717) is 36.5 Å². The summed E-state index contributed by atoms with van der Waals surface area (Å²) in [4.78, 5) is 1.81. The van der Waals surface area contributed by atoms with E-state index in [1.165, 1.54) is 6.07 Å². The van der Waals surface area contributed by atoms with E-state index in [1.807, 2.05) is 4.90 Å². The van der Waals surface area contributed by atoms with Crippen molar-refractivity contribution in [2.24, 2.45) is 0 Å². The zero-order valence-corrected chi connectivity index (χ0v) is 11.4. The van der Waals surface area contributed by atoms with E-state index in [-0.39, 0.29) is 5.56 Å². The number of alkyl halides is 3. The highest BCUT2D eigenvalue weighted by atomic mass is 79.9. The van der Waals surface area contributed by atoms with E-state index in [2.05, 4.69) is 15.9 Å². The molecule has 2 rings (SSSR count). The lowest BCUT2D eigenvalue weighted by Crippen LogP contribution is -2.36. The Morgan fingerprint density at radius 1 is 1.26 bits per heavy atom. The lowest BCUT2D eigenvalue weighted by atomic mass is 10.1. The second kappa shape index (κ2) is 5.39. The van der Waals surface area contributed by atoms with Crippen LogP contribution < -0.4 is 4.90 Å². The van der Waals surface area contributed by atoms with Gasteiger partial charge < -0.3 is 9.64 Å². The lowest BCUT2D eigenvalue weighted by Gasteiger charge is -2.30. The van der Waals surface area contributed by atoms with Gasteiger partial charge in [0.25, 0.3) is 0 Å². The molecular weight excluding hydrogens is 325 g/mol. The average Bonchev–Trinajstić information content (AvgIpc) is 2.38. The van der Waals surface area contributed by atoms with E-state index >= 15 is 0 Å². The fourth-order valence-corrected chi connectivity index (χ4v) is 2.53. The van der Waals surface area contributed by atoms with Gasteiger partial charge in [0.15, 0.2) is 0 Å². The molecule has 1 aromatic rings. The van der Waals surface area contributed by atoms with Crippen molar-refractivity contribution in [1.82, 2.24) is 0 Å². The van der Waals surface area contributed by atoms with Crippen LogP contribution in [0.4, 0.5) is 18.9 Å². The number of benzene rings is 1. The standard InChI is InChI=1S/C12H10BrF3N2O/c13-10-5-8(7-17)9(12(14,15)16)6-11(10)18-1-3-19-4-2-18/h5-6H,1-4H2. The first-order valence-corrected chi connectivity index (χ1v) is 6.36. The molecule has 0 atom stereocenters. The van der Waals surface area contributed by atoms with Gasteiger partial charge in [-0.15, -0.1) is 0 Å². The van der Waals surface area contributed by atoms with Crippen molar-refractivity contribution in [2.75, 3.05) is 31.2 Å². The first kappa shape index (κ1) is 14.2. The molecule has 1 saturated heterocycles. The molecule has 7 heteroatoms. The maximum absolute atomic E-state index is 12.9. The Kier molecular flexibility index (Phi) is 4.02. The molecule has 19 heavy (non-hydrogen) atoms. The van der Waals surface area contributed by atoms with Crippen LogP contribution in [0.25, 0.3) is 0 Å². The van der Waals surface area contributed by atoms with Crippen molar-refractivity contribution in [1.29, 1.82) is 5.26 Å². The van der Waals surface area contributed by atoms with Gasteiger partial charge >= 0.3 is 6.18 Å². The van der Waals surface area contributed by atoms with Gasteiger partial charge in [0.2, 0.25) is 0 Å². The second-order valence-corrected chi connectivity index (χ2v) is 4.91. The summed E-state index contributed by atoms with van der Waals surface area (Å²) in [7, 11) is 0. The van der Waals surface area contributed by atoms with Crippen molar-refractivity contribution < 1.29 is 17.9 Å². The Morgan fingerprint density at radius 2 is 1.89 bits per heavy atom. The summed E-state index contributed by atoms with van der Waals surface area (Å²) in [5.41, 5.74) is -0.842. The van der Waals surface area contributed by atoms with E-state index in [0.717, 1.165) is 6.07 Å². The number of morpholine rings is 1. The SMILES string of the molecule is N#Cc1cc(Br)c(N2CCOCC2)cc1C(F)(F)F. The summed E-state index contributed by atoms with van der Waals surface area (Å²) < 4.78 is 44.4. The van der Waals surface area contributed by atoms with Crippen LogP contribution in [-0.4, -0.2) is 26.3 Å². The van der Waals surface area contributed by atoms with E-state index in [4.69, 9.17) is 10.00 Å². The largest absolute Gasteiger partial charge is 0.417 e. The summed E-state index contributed by atoms with van der Waals surface area (Å²) in [5, 5.41) is 8.80. The first-order valence-electron chi connectivity index (χ1n) is 5.57. The molecule has 0 aromatic heterocycles. The predicted octanol–water partition coefficient (Wildman–Crippen LogP) is 3.18. The zero-order chi connectivity index (χ0) is 14.0. The summed E-state index contributed by atoms with van der Waals surface area (Å²) in [6.07, 6.45) is -4.53. The van der Waals surface area contributed by atoms with Gasteiger partial charge in [-0.1, -0.05) is 0 Å². The number of hydrogen-bond acceptors (Lipinski definition) is 3. The first-order chi connectivity index (χ1) is 8.93. The molecule has 102 valence electrons. The van der Waals surface area contributed by atoms with E-state index in [1.54, 1.807) is 6.07 Å². The molecule has 1 fully saturated rings. The number of nitrogens with zero attached hydrogens (tertiary/aromatic N) is 2. The molecule has 1 aliphatic rings. The molecule has 0 spiro atoms. The summed E-state index contributed by atoms with van der Waals surface area (Å²) in [5.74, 6) is 0. The van der Waals surface area contributed by atoms with Crippen molar-refractivity contribution in [3.63, 3.8) is 0 Å². The smallest absolute Gasteiger partial charge is 0.378 e. The normalized spacial score (nSPS) is 16.3. The molecular formula is C12H10BrF3N2O. The Morgan fingerprint density at radius 3 is 2.42 bits per heavy atom. The molecule has 0 bridgehead atoms. The van der Waals surface area contributed by atoms with Crippen LogP contribution in [-0.2, 0) is 10.9 Å². The molecule has 3 nitrogen and oxygen atoms in total. The summed E-state index contributed by atoms with van der Waals surface area (Å²) in [6, 6.07) is 3.82. The van der Waals surface area contributed by atoms with Crippen LogP contribution in [0.2, 0.25) is 0 Å². The lowest BCUT2D eigenvalue weighted by molar-refractivity contribution is -0.137. The Labute approximate surface area is 116 Å². The molecule has 1 aliphatic heterocycles. The van der Waals surface area contributed by atoms with Gasteiger partial charge in [-0.05, 0) is 28.1 Å². The molecule has 1 aromatic carbocycles. The highest BCUT2D eigenvalue weighted by Crippen LogP contribution is 2.38. The minimum atomic E-state index is -4.53. The molecule has 0 amide bonds. The van der Waals surface area contributed by atoms with Crippen molar-refractivity contribution in [2.45, 2.75) is 6.18 Å². The monoisotopic (exact) mass is 334 g/mol. The van der Waals surface area contributed by atoms with E-state index < -0.39 is 11.7 Å². The third-order valence-corrected chi connectivity index (χ3v) is 3.50. The fourth-order valence-electron chi connectivity index (χ4n) is 1.94. The van der Waals surface area contributed by atoms with Crippen LogP contribution in [0.15, 0.2) is 16.6 Å². The highest BCUT2D eigenvalue weighted by Gasteiger charge is 2.35. The third-order valence-electron chi connectivity index (χ3n) is 2.86. The van der Waals surface area contributed by atoms with Gasteiger partial charge in [-0.2, -0.15) is 18.4 Å². The Hall–Kier alpha value is -1.26. The number of halogens is 4. The highest BCUT2D eigenvalue weighted by molar-refractivity contribution is 9.10. The van der Waals surface area contributed by atoms with E-state index in [9.17, 15) is 13.2 Å². The van der Waals surface area contributed by atoms with Crippen LogP contribution in [0.1, 0.15) is 11.1 Å². The van der Waals surface area contributed by atoms with Crippen molar-refractivity contribution in [3.8, 4) is 6.07 Å². The molecule has 0 unspecified atom stereocenters. The van der Waals surface area contributed by atoms with Crippen molar-refractivity contribution >= 4 is 21.6 Å². The zero-order valence-electron chi connectivity index (χ0n) is 9.80. The van der Waals surface area contributed by atoms with Crippen LogP contribution in [0.5, 0.6) is 0 Å². The molecule has 0 radical (unpaired) electrons.